The molecule has 4 rings (SSSR count). The fourth-order valence-electron chi connectivity index (χ4n) is 4.05. The average Bonchev–Trinajstić information content (AvgIpc) is 3.12. The van der Waals surface area contributed by atoms with E-state index >= 15 is 0 Å². The predicted octanol–water partition coefficient (Wildman–Crippen LogP) is 2.08. The van der Waals surface area contributed by atoms with Crippen molar-refractivity contribution >= 4 is 10.9 Å². The Morgan fingerprint density at radius 2 is 2.05 bits per heavy atom. The maximum Gasteiger partial charge on any atom is 0.0456 e. The van der Waals surface area contributed by atoms with Gasteiger partial charge in [0.2, 0.25) is 0 Å². The van der Waals surface area contributed by atoms with Gasteiger partial charge in [-0.1, -0.05) is 25.1 Å². The van der Waals surface area contributed by atoms with Crippen LogP contribution in [0.25, 0.3) is 10.9 Å². The number of fused-ring (bicyclic) bond motifs is 2. The van der Waals surface area contributed by atoms with Crippen LogP contribution in [0, 0.1) is 11.8 Å². The van der Waals surface area contributed by atoms with Gasteiger partial charge in [0.25, 0.3) is 0 Å². The Balaban J connectivity index is 1.68. The van der Waals surface area contributed by atoms with E-state index in [1.54, 1.807) is 0 Å². The average molecular weight is 255 g/mol. The van der Waals surface area contributed by atoms with E-state index in [4.69, 9.17) is 0 Å². The number of hydrogen-bond donors (Lipinski definition) is 3. The van der Waals surface area contributed by atoms with Crippen LogP contribution >= 0.6 is 0 Å². The molecule has 100 valence electrons. The molecule has 3 nitrogen and oxygen atoms in total. The Morgan fingerprint density at radius 3 is 3.00 bits per heavy atom. The molecule has 1 aromatic heterocycles. The fourth-order valence-corrected chi connectivity index (χ4v) is 4.05. The highest BCUT2D eigenvalue weighted by atomic mass is 15.1. The van der Waals surface area contributed by atoms with Crippen molar-refractivity contribution in [1.82, 2.24) is 15.6 Å². The van der Waals surface area contributed by atoms with E-state index in [-0.39, 0.29) is 0 Å². The van der Waals surface area contributed by atoms with Crippen LogP contribution in [0.4, 0.5) is 0 Å². The summed E-state index contributed by atoms with van der Waals surface area (Å²) < 4.78 is 0. The molecule has 2 aliphatic heterocycles. The Kier molecular flexibility index (Phi) is 2.64. The SMILES string of the molecule is CC(c1c[nH]c2ccccc12)C1NCC2CNCC21. The number of hydrogen-bond acceptors (Lipinski definition) is 2. The first-order chi connectivity index (χ1) is 9.34. The van der Waals surface area contributed by atoms with E-state index in [9.17, 15) is 0 Å². The minimum atomic E-state index is 0.561. The van der Waals surface area contributed by atoms with Crippen LogP contribution < -0.4 is 10.6 Å². The zero-order chi connectivity index (χ0) is 12.8. The Morgan fingerprint density at radius 1 is 1.16 bits per heavy atom. The van der Waals surface area contributed by atoms with Crippen molar-refractivity contribution in [2.75, 3.05) is 19.6 Å². The number of rotatable bonds is 2. The Labute approximate surface area is 113 Å². The lowest BCUT2D eigenvalue weighted by atomic mass is 9.83. The van der Waals surface area contributed by atoms with Gasteiger partial charge in [-0.15, -0.1) is 0 Å². The van der Waals surface area contributed by atoms with E-state index < -0.39 is 0 Å². The number of H-pyrrole nitrogens is 1. The molecule has 0 saturated carbocycles. The first-order valence-electron chi connectivity index (χ1n) is 7.34. The van der Waals surface area contributed by atoms with Gasteiger partial charge in [0.1, 0.15) is 0 Å². The molecule has 0 radical (unpaired) electrons. The summed E-state index contributed by atoms with van der Waals surface area (Å²) in [6.45, 7) is 5.91. The molecule has 2 aliphatic rings. The van der Waals surface area contributed by atoms with Crippen molar-refractivity contribution in [2.24, 2.45) is 11.8 Å². The van der Waals surface area contributed by atoms with Crippen LogP contribution in [0.1, 0.15) is 18.4 Å². The maximum atomic E-state index is 3.76. The maximum absolute atomic E-state index is 3.76. The topological polar surface area (TPSA) is 39.9 Å². The summed E-state index contributed by atoms with van der Waals surface area (Å²) >= 11 is 0. The fraction of sp³-hybridized carbons (Fsp3) is 0.500. The van der Waals surface area contributed by atoms with Crippen LogP contribution in [-0.4, -0.2) is 30.7 Å². The van der Waals surface area contributed by atoms with Crippen molar-refractivity contribution in [2.45, 2.75) is 18.9 Å². The minimum absolute atomic E-state index is 0.561. The summed E-state index contributed by atoms with van der Waals surface area (Å²) in [6.07, 6.45) is 2.20. The zero-order valence-corrected chi connectivity index (χ0v) is 11.3. The molecule has 4 unspecified atom stereocenters. The van der Waals surface area contributed by atoms with Gasteiger partial charge in [-0.2, -0.15) is 0 Å². The first-order valence-corrected chi connectivity index (χ1v) is 7.34. The number of aromatic nitrogens is 1. The highest BCUT2D eigenvalue weighted by molar-refractivity contribution is 5.83. The number of nitrogens with one attached hydrogen (secondary N) is 3. The normalized spacial score (nSPS) is 31.7. The third-order valence-corrected chi connectivity index (χ3v) is 5.12. The lowest BCUT2D eigenvalue weighted by molar-refractivity contribution is 0.393. The second-order valence-corrected chi connectivity index (χ2v) is 6.09. The second-order valence-electron chi connectivity index (χ2n) is 6.09. The molecule has 3 heteroatoms. The smallest absolute Gasteiger partial charge is 0.0456 e. The van der Waals surface area contributed by atoms with Gasteiger partial charge in [0, 0.05) is 23.1 Å². The van der Waals surface area contributed by atoms with Crippen LogP contribution in [0.5, 0.6) is 0 Å². The first kappa shape index (κ1) is 11.5. The largest absolute Gasteiger partial charge is 0.361 e. The summed E-state index contributed by atoms with van der Waals surface area (Å²) in [5, 5.41) is 8.68. The van der Waals surface area contributed by atoms with Crippen molar-refractivity contribution < 1.29 is 0 Å². The monoisotopic (exact) mass is 255 g/mol. The molecule has 3 heterocycles. The van der Waals surface area contributed by atoms with Crippen molar-refractivity contribution in [1.29, 1.82) is 0 Å². The van der Waals surface area contributed by atoms with E-state index in [1.165, 1.54) is 36.1 Å². The van der Waals surface area contributed by atoms with Crippen molar-refractivity contribution in [3.8, 4) is 0 Å². The summed E-state index contributed by atoms with van der Waals surface area (Å²) in [7, 11) is 0. The summed E-state index contributed by atoms with van der Waals surface area (Å²) in [4.78, 5) is 3.41. The third kappa shape index (κ3) is 1.72. The van der Waals surface area contributed by atoms with Crippen LogP contribution in [0.3, 0.4) is 0 Å². The lowest BCUT2D eigenvalue weighted by Crippen LogP contribution is -2.35. The lowest BCUT2D eigenvalue weighted by Gasteiger charge is -2.24. The molecule has 0 bridgehead atoms. The van der Waals surface area contributed by atoms with Gasteiger partial charge >= 0.3 is 0 Å². The number of benzene rings is 1. The minimum Gasteiger partial charge on any atom is -0.361 e. The summed E-state index contributed by atoms with van der Waals surface area (Å²) in [5.74, 6) is 2.19. The van der Waals surface area contributed by atoms with Gasteiger partial charge in [-0.3, -0.25) is 0 Å². The molecule has 2 fully saturated rings. The van der Waals surface area contributed by atoms with Crippen LogP contribution in [0.15, 0.2) is 30.5 Å². The Bertz CT molecular complexity index is 588. The van der Waals surface area contributed by atoms with Crippen LogP contribution in [0.2, 0.25) is 0 Å². The number of para-hydroxylation sites is 1. The third-order valence-electron chi connectivity index (χ3n) is 5.12. The van der Waals surface area contributed by atoms with Gasteiger partial charge < -0.3 is 15.6 Å². The quantitative estimate of drug-likeness (QED) is 0.769. The molecule has 2 aromatic rings. The van der Waals surface area contributed by atoms with E-state index in [0.29, 0.717) is 12.0 Å². The molecule has 4 atom stereocenters. The van der Waals surface area contributed by atoms with Gasteiger partial charge in [0.05, 0.1) is 0 Å². The number of aromatic amines is 1. The molecule has 19 heavy (non-hydrogen) atoms. The highest BCUT2D eigenvalue weighted by Gasteiger charge is 2.41. The standard InChI is InChI=1S/C16H21N3/c1-10(16-14-8-17-6-11(14)7-19-16)13-9-18-15-5-3-2-4-12(13)15/h2-5,9-11,14,16-19H,6-8H2,1H3. The molecule has 0 aliphatic carbocycles. The van der Waals surface area contributed by atoms with E-state index in [1.807, 2.05) is 0 Å². The second kappa shape index (κ2) is 4.36. The molecule has 0 amide bonds. The molecule has 0 spiro atoms. The van der Waals surface area contributed by atoms with Crippen molar-refractivity contribution in [3.05, 3.63) is 36.0 Å². The van der Waals surface area contributed by atoms with E-state index in [2.05, 4.69) is 53.0 Å². The van der Waals surface area contributed by atoms with E-state index in [0.717, 1.165) is 11.8 Å². The van der Waals surface area contributed by atoms with Gasteiger partial charge in [0.15, 0.2) is 0 Å². The summed E-state index contributed by atoms with van der Waals surface area (Å²) in [6, 6.07) is 9.23. The van der Waals surface area contributed by atoms with Crippen molar-refractivity contribution in [3.63, 3.8) is 0 Å². The molecular weight excluding hydrogens is 234 g/mol. The highest BCUT2D eigenvalue weighted by Crippen LogP contribution is 2.36. The van der Waals surface area contributed by atoms with Crippen LogP contribution in [-0.2, 0) is 0 Å². The summed E-state index contributed by atoms with van der Waals surface area (Å²) in [5.41, 5.74) is 2.71. The van der Waals surface area contributed by atoms with Gasteiger partial charge in [-0.25, -0.2) is 0 Å². The Hall–Kier alpha value is -1.32. The predicted molar refractivity (Wildman–Crippen MR) is 78.4 cm³/mol. The molecular formula is C16H21N3. The molecule has 3 N–H and O–H groups in total. The van der Waals surface area contributed by atoms with Gasteiger partial charge in [-0.05, 0) is 49.0 Å². The molecule has 1 aromatic carbocycles. The molecule has 2 saturated heterocycles. The zero-order valence-electron chi connectivity index (χ0n) is 11.3.